The highest BCUT2D eigenvalue weighted by Gasteiger charge is 2.48. The van der Waals surface area contributed by atoms with Crippen LogP contribution in [-0.2, 0) is 10.0 Å². The summed E-state index contributed by atoms with van der Waals surface area (Å²) in [6.07, 6.45) is 4.34. The van der Waals surface area contributed by atoms with Crippen LogP contribution in [0.15, 0.2) is 18.2 Å². The molecule has 0 N–H and O–H groups in total. The van der Waals surface area contributed by atoms with E-state index in [1.54, 1.807) is 28.3 Å². The van der Waals surface area contributed by atoms with E-state index in [9.17, 15) is 17.6 Å². The second-order valence-electron chi connectivity index (χ2n) is 6.96. The lowest BCUT2D eigenvalue weighted by Gasteiger charge is -2.44. The van der Waals surface area contributed by atoms with Crippen molar-refractivity contribution in [3.63, 3.8) is 0 Å². The molecule has 1 amide bonds. The van der Waals surface area contributed by atoms with Crippen LogP contribution in [0.4, 0.5) is 4.39 Å². The zero-order valence-corrected chi connectivity index (χ0v) is 14.9. The first-order valence-electron chi connectivity index (χ1n) is 8.26. The van der Waals surface area contributed by atoms with Gasteiger partial charge in [-0.05, 0) is 50.3 Å². The van der Waals surface area contributed by atoms with E-state index in [-0.39, 0.29) is 5.91 Å². The Morgan fingerprint density at radius 1 is 1.21 bits per heavy atom. The zero-order valence-electron chi connectivity index (χ0n) is 14.1. The first-order valence-corrected chi connectivity index (χ1v) is 10.1. The van der Waals surface area contributed by atoms with Crippen molar-refractivity contribution in [3.05, 3.63) is 35.1 Å². The van der Waals surface area contributed by atoms with Crippen molar-refractivity contribution in [1.82, 2.24) is 9.21 Å². The molecule has 132 valence electrons. The molecular formula is C17H23FN2O3S. The fourth-order valence-corrected chi connectivity index (χ4v) is 5.44. The van der Waals surface area contributed by atoms with E-state index in [0.29, 0.717) is 30.8 Å². The molecule has 7 heteroatoms. The third kappa shape index (κ3) is 3.07. The van der Waals surface area contributed by atoms with Gasteiger partial charge in [-0.3, -0.25) is 4.79 Å². The van der Waals surface area contributed by atoms with Crippen molar-refractivity contribution in [2.45, 2.75) is 38.1 Å². The van der Waals surface area contributed by atoms with Gasteiger partial charge in [0.1, 0.15) is 5.82 Å². The highest BCUT2D eigenvalue weighted by Crippen LogP contribution is 2.39. The van der Waals surface area contributed by atoms with Crippen LogP contribution in [0.25, 0.3) is 0 Å². The van der Waals surface area contributed by atoms with Crippen molar-refractivity contribution >= 4 is 15.9 Å². The third-order valence-corrected chi connectivity index (χ3v) is 6.56. The lowest BCUT2D eigenvalue weighted by Crippen LogP contribution is -2.58. The smallest absolute Gasteiger partial charge is 0.254 e. The van der Waals surface area contributed by atoms with Crippen LogP contribution >= 0.6 is 0 Å². The molecule has 1 unspecified atom stereocenters. The van der Waals surface area contributed by atoms with Crippen LogP contribution in [-0.4, -0.2) is 55.0 Å². The van der Waals surface area contributed by atoms with E-state index in [1.165, 1.54) is 12.3 Å². The summed E-state index contributed by atoms with van der Waals surface area (Å²) in [6.45, 7) is 3.13. The molecule has 0 radical (unpaired) electrons. The average molecular weight is 354 g/mol. The van der Waals surface area contributed by atoms with E-state index >= 15 is 0 Å². The first-order chi connectivity index (χ1) is 11.2. The molecule has 1 spiro atoms. The molecule has 2 heterocycles. The van der Waals surface area contributed by atoms with Gasteiger partial charge in [0.25, 0.3) is 5.91 Å². The minimum atomic E-state index is -3.30. The Morgan fingerprint density at radius 2 is 1.88 bits per heavy atom. The number of benzene rings is 1. The number of halogens is 1. The number of hydrogen-bond acceptors (Lipinski definition) is 3. The van der Waals surface area contributed by atoms with Gasteiger partial charge >= 0.3 is 0 Å². The molecule has 2 fully saturated rings. The summed E-state index contributed by atoms with van der Waals surface area (Å²) in [5.74, 6) is -0.625. The van der Waals surface area contributed by atoms with Crippen LogP contribution in [0.3, 0.4) is 0 Å². The van der Waals surface area contributed by atoms with Crippen LogP contribution in [0.5, 0.6) is 0 Å². The number of carbonyl (C=O) groups excluding carboxylic acids is 1. The minimum absolute atomic E-state index is 0.228. The second kappa shape index (κ2) is 6.11. The van der Waals surface area contributed by atoms with Gasteiger partial charge in [0.15, 0.2) is 0 Å². The van der Waals surface area contributed by atoms with Gasteiger partial charge < -0.3 is 4.90 Å². The fraction of sp³-hybridized carbons (Fsp3) is 0.588. The summed E-state index contributed by atoms with van der Waals surface area (Å²) in [5.41, 5.74) is 0.324. The lowest BCUT2D eigenvalue weighted by atomic mass is 9.87. The van der Waals surface area contributed by atoms with Gasteiger partial charge in [-0.1, -0.05) is 6.07 Å². The van der Waals surface area contributed by atoms with E-state index in [2.05, 4.69) is 0 Å². The van der Waals surface area contributed by atoms with Crippen molar-refractivity contribution < 1.29 is 17.6 Å². The number of nitrogens with zero attached hydrogens (tertiary/aromatic N) is 2. The second-order valence-corrected chi connectivity index (χ2v) is 8.86. The summed E-state index contributed by atoms with van der Waals surface area (Å²) in [7, 11) is -3.30. The number of amides is 1. The Balaban J connectivity index is 1.85. The Hall–Kier alpha value is -1.47. The molecule has 2 aliphatic heterocycles. The van der Waals surface area contributed by atoms with Crippen molar-refractivity contribution in [2.24, 2.45) is 0 Å². The van der Waals surface area contributed by atoms with Gasteiger partial charge in [0.2, 0.25) is 10.0 Å². The molecule has 1 aromatic rings. The Morgan fingerprint density at radius 3 is 2.50 bits per heavy atom. The van der Waals surface area contributed by atoms with Crippen LogP contribution < -0.4 is 0 Å². The maximum atomic E-state index is 13.8. The maximum Gasteiger partial charge on any atom is 0.254 e. The van der Waals surface area contributed by atoms with Crippen LogP contribution in [0.2, 0.25) is 0 Å². The van der Waals surface area contributed by atoms with Crippen LogP contribution in [0.1, 0.15) is 41.6 Å². The van der Waals surface area contributed by atoms with Crippen molar-refractivity contribution in [2.75, 3.05) is 25.9 Å². The molecule has 1 atom stereocenters. The van der Waals surface area contributed by atoms with E-state index < -0.39 is 21.4 Å². The topological polar surface area (TPSA) is 57.7 Å². The van der Waals surface area contributed by atoms with Gasteiger partial charge in [0, 0.05) is 25.2 Å². The monoisotopic (exact) mass is 354 g/mol. The molecule has 0 saturated carbocycles. The summed E-state index contributed by atoms with van der Waals surface area (Å²) < 4.78 is 39.5. The lowest BCUT2D eigenvalue weighted by molar-refractivity contribution is 0.0524. The van der Waals surface area contributed by atoms with Gasteiger partial charge in [0.05, 0.1) is 11.8 Å². The number of sulfonamides is 1. The molecule has 3 rings (SSSR count). The predicted octanol–water partition coefficient (Wildman–Crippen LogP) is 2.16. The number of likely N-dealkylation sites (tertiary alicyclic amines) is 1. The summed E-state index contributed by atoms with van der Waals surface area (Å²) in [6, 6.07) is 4.49. The largest absolute Gasteiger partial charge is 0.337 e. The van der Waals surface area contributed by atoms with Gasteiger partial charge in [-0.25, -0.2) is 12.8 Å². The highest BCUT2D eigenvalue weighted by atomic mass is 32.2. The Labute approximate surface area is 142 Å². The number of aryl methyl sites for hydroxylation is 1. The highest BCUT2D eigenvalue weighted by molar-refractivity contribution is 7.88. The summed E-state index contributed by atoms with van der Waals surface area (Å²) >= 11 is 0. The van der Waals surface area contributed by atoms with E-state index in [4.69, 9.17) is 0 Å². The Bertz CT molecular complexity index is 765. The normalized spacial score (nSPS) is 25.4. The van der Waals surface area contributed by atoms with Gasteiger partial charge in [-0.15, -0.1) is 0 Å². The number of carbonyl (C=O) groups is 1. The quantitative estimate of drug-likeness (QED) is 0.818. The molecule has 0 aliphatic carbocycles. The molecule has 5 nitrogen and oxygen atoms in total. The average Bonchev–Trinajstić information content (AvgIpc) is 2.92. The molecule has 24 heavy (non-hydrogen) atoms. The summed E-state index contributed by atoms with van der Waals surface area (Å²) in [5, 5.41) is 0. The fourth-order valence-electron chi connectivity index (χ4n) is 4.03. The molecular weight excluding hydrogens is 331 g/mol. The molecule has 0 bridgehead atoms. The maximum absolute atomic E-state index is 13.8. The first kappa shape index (κ1) is 17.4. The standard InChI is InChI=1S/C17H23FN2O3S/c1-13-5-6-14(11-15(13)18)16(21)19-9-3-7-17(12-19)8-4-10-20(17)24(2,22)23/h5-6,11H,3-4,7-10,12H2,1-2H3. The van der Waals surface area contributed by atoms with E-state index in [0.717, 1.165) is 25.7 Å². The van der Waals surface area contributed by atoms with E-state index in [1.807, 2.05) is 0 Å². The SMILES string of the molecule is Cc1ccc(C(=O)N2CCCC3(CCCN3S(C)(=O)=O)C2)cc1F. The van der Waals surface area contributed by atoms with Gasteiger partial charge in [-0.2, -0.15) is 4.31 Å². The molecule has 2 saturated heterocycles. The zero-order chi connectivity index (χ0) is 17.5. The number of piperidine rings is 1. The van der Waals surface area contributed by atoms with Crippen molar-refractivity contribution in [1.29, 1.82) is 0 Å². The number of hydrogen-bond donors (Lipinski definition) is 0. The minimum Gasteiger partial charge on any atom is -0.337 e. The molecule has 2 aliphatic rings. The third-order valence-electron chi connectivity index (χ3n) is 5.19. The Kier molecular flexibility index (Phi) is 4.42. The van der Waals surface area contributed by atoms with Crippen molar-refractivity contribution in [3.8, 4) is 0 Å². The molecule has 0 aromatic heterocycles. The predicted molar refractivity (Wildman–Crippen MR) is 89.8 cm³/mol. The summed E-state index contributed by atoms with van der Waals surface area (Å²) in [4.78, 5) is 14.4. The van der Waals surface area contributed by atoms with Crippen LogP contribution in [0, 0.1) is 12.7 Å². The molecule has 1 aromatic carbocycles. The number of rotatable bonds is 2.